The summed E-state index contributed by atoms with van der Waals surface area (Å²) in [6.07, 6.45) is 2.07. The summed E-state index contributed by atoms with van der Waals surface area (Å²) in [5, 5.41) is 11.6. The maximum absolute atomic E-state index is 12.8. The van der Waals surface area contributed by atoms with Gasteiger partial charge in [0.1, 0.15) is 0 Å². The van der Waals surface area contributed by atoms with Gasteiger partial charge in [-0.3, -0.25) is 4.79 Å². The lowest BCUT2D eigenvalue weighted by atomic mass is 10.2. The van der Waals surface area contributed by atoms with Crippen LogP contribution in [0.25, 0.3) is 11.0 Å². The summed E-state index contributed by atoms with van der Waals surface area (Å²) in [5.41, 5.74) is 1.73. The molecule has 0 aliphatic carbocycles. The zero-order valence-corrected chi connectivity index (χ0v) is 18.3. The fraction of sp³-hybridized carbons (Fsp3) is 0.273. The highest BCUT2D eigenvalue weighted by molar-refractivity contribution is 7.89. The standard InChI is InChI=1S/C22H22N6O3S/c1-27(32(30,31)17-10-8-16(14-23)9-11-17)15-20(29)26-21-22(28-12-4-5-13-28)25-19-7-3-2-6-18(19)24-21/h2-3,6-11H,4-5,12-13,15H2,1H3,(H,24,26,29). The van der Waals surface area contributed by atoms with Gasteiger partial charge in [-0.2, -0.15) is 9.57 Å². The van der Waals surface area contributed by atoms with Crippen LogP contribution in [0.2, 0.25) is 0 Å². The van der Waals surface area contributed by atoms with Gasteiger partial charge in [0.05, 0.1) is 34.1 Å². The van der Waals surface area contributed by atoms with Crippen molar-refractivity contribution in [3.63, 3.8) is 0 Å². The number of nitrogens with one attached hydrogen (secondary N) is 1. The molecule has 2 aromatic carbocycles. The number of aromatic nitrogens is 2. The Bertz CT molecular complexity index is 1300. The molecule has 1 aromatic heterocycles. The summed E-state index contributed by atoms with van der Waals surface area (Å²) in [6.45, 7) is 1.25. The number of likely N-dealkylation sites (N-methyl/N-ethyl adjacent to an activating group) is 1. The largest absolute Gasteiger partial charge is 0.354 e. The molecule has 3 aromatic rings. The highest BCUT2D eigenvalue weighted by Crippen LogP contribution is 2.28. The van der Waals surface area contributed by atoms with E-state index in [4.69, 9.17) is 10.2 Å². The highest BCUT2D eigenvalue weighted by Gasteiger charge is 2.25. The van der Waals surface area contributed by atoms with E-state index in [0.717, 1.165) is 35.8 Å². The molecule has 0 bridgehead atoms. The predicted molar refractivity (Wildman–Crippen MR) is 121 cm³/mol. The highest BCUT2D eigenvalue weighted by atomic mass is 32.2. The molecule has 1 saturated heterocycles. The number of nitriles is 1. The number of benzene rings is 2. The van der Waals surface area contributed by atoms with Gasteiger partial charge in [-0.15, -0.1) is 0 Å². The SMILES string of the molecule is CN(CC(=O)Nc1nc2ccccc2nc1N1CCCC1)S(=O)(=O)c1ccc(C#N)cc1. The first-order valence-corrected chi connectivity index (χ1v) is 11.6. The van der Waals surface area contributed by atoms with E-state index >= 15 is 0 Å². The van der Waals surface area contributed by atoms with Crippen molar-refractivity contribution in [3.05, 3.63) is 54.1 Å². The molecule has 0 radical (unpaired) electrons. The van der Waals surface area contributed by atoms with Crippen molar-refractivity contribution >= 4 is 38.6 Å². The van der Waals surface area contributed by atoms with Crippen molar-refractivity contribution in [2.24, 2.45) is 0 Å². The van der Waals surface area contributed by atoms with E-state index in [1.54, 1.807) is 0 Å². The predicted octanol–water partition coefficient (Wildman–Crippen LogP) is 2.36. The minimum atomic E-state index is -3.90. The summed E-state index contributed by atoms with van der Waals surface area (Å²) in [5.74, 6) is 0.390. The number of carbonyl (C=O) groups excluding carboxylic acids is 1. The van der Waals surface area contributed by atoms with Crippen molar-refractivity contribution < 1.29 is 13.2 Å². The van der Waals surface area contributed by atoms with E-state index in [0.29, 0.717) is 22.7 Å². The van der Waals surface area contributed by atoms with Gasteiger partial charge < -0.3 is 10.2 Å². The van der Waals surface area contributed by atoms with Crippen LogP contribution in [-0.4, -0.2) is 55.3 Å². The van der Waals surface area contributed by atoms with Gasteiger partial charge in [-0.25, -0.2) is 18.4 Å². The van der Waals surface area contributed by atoms with E-state index in [9.17, 15) is 13.2 Å². The summed E-state index contributed by atoms with van der Waals surface area (Å²) < 4.78 is 26.6. The topological polar surface area (TPSA) is 119 Å². The number of para-hydroxylation sites is 2. The lowest BCUT2D eigenvalue weighted by molar-refractivity contribution is -0.116. The van der Waals surface area contributed by atoms with Crippen LogP contribution in [0.15, 0.2) is 53.4 Å². The van der Waals surface area contributed by atoms with Gasteiger partial charge in [0, 0.05) is 20.1 Å². The third-order valence-electron chi connectivity index (χ3n) is 5.27. The average Bonchev–Trinajstić information content (AvgIpc) is 3.33. The number of hydrogen-bond donors (Lipinski definition) is 1. The molecule has 1 N–H and O–H groups in total. The Morgan fingerprint density at radius 1 is 1.09 bits per heavy atom. The van der Waals surface area contributed by atoms with E-state index < -0.39 is 22.5 Å². The second kappa shape index (κ2) is 8.90. The van der Waals surface area contributed by atoms with Crippen LogP contribution in [0.3, 0.4) is 0 Å². The van der Waals surface area contributed by atoms with Gasteiger partial charge in [0.2, 0.25) is 15.9 Å². The van der Waals surface area contributed by atoms with E-state index in [2.05, 4.69) is 15.2 Å². The molecular weight excluding hydrogens is 428 g/mol. The van der Waals surface area contributed by atoms with Crippen LogP contribution in [0.5, 0.6) is 0 Å². The first-order chi connectivity index (χ1) is 15.4. The second-order valence-electron chi connectivity index (χ2n) is 7.52. The van der Waals surface area contributed by atoms with Crippen LogP contribution in [0.1, 0.15) is 18.4 Å². The number of nitrogens with zero attached hydrogens (tertiary/aromatic N) is 5. The van der Waals surface area contributed by atoms with Crippen molar-refractivity contribution in [2.75, 3.05) is 36.9 Å². The molecule has 2 heterocycles. The number of anilines is 2. The quantitative estimate of drug-likeness (QED) is 0.612. The van der Waals surface area contributed by atoms with Crippen molar-refractivity contribution in [1.29, 1.82) is 5.26 Å². The Balaban J connectivity index is 1.55. The molecule has 0 atom stereocenters. The molecule has 10 heteroatoms. The zero-order valence-electron chi connectivity index (χ0n) is 17.5. The van der Waals surface area contributed by atoms with Gasteiger partial charge in [0.25, 0.3) is 0 Å². The number of carbonyl (C=O) groups is 1. The van der Waals surface area contributed by atoms with E-state index in [1.165, 1.54) is 31.3 Å². The smallest absolute Gasteiger partial charge is 0.243 e. The fourth-order valence-corrected chi connectivity index (χ4v) is 4.69. The molecule has 1 aliphatic rings. The average molecular weight is 451 g/mol. The first-order valence-electron chi connectivity index (χ1n) is 10.2. The van der Waals surface area contributed by atoms with E-state index in [1.807, 2.05) is 30.3 Å². The number of sulfonamides is 1. The minimum absolute atomic E-state index is 0.00931. The van der Waals surface area contributed by atoms with Crippen LogP contribution in [0, 0.1) is 11.3 Å². The molecule has 32 heavy (non-hydrogen) atoms. The minimum Gasteiger partial charge on any atom is -0.354 e. The van der Waals surface area contributed by atoms with Gasteiger partial charge in [0.15, 0.2) is 11.6 Å². The van der Waals surface area contributed by atoms with Crippen molar-refractivity contribution in [1.82, 2.24) is 14.3 Å². The summed E-state index contributed by atoms with van der Waals surface area (Å²) in [6, 6.07) is 14.9. The maximum Gasteiger partial charge on any atom is 0.243 e. The third kappa shape index (κ3) is 4.39. The molecule has 0 spiro atoms. The van der Waals surface area contributed by atoms with Crippen molar-refractivity contribution in [2.45, 2.75) is 17.7 Å². The Morgan fingerprint density at radius 3 is 2.34 bits per heavy atom. The normalized spacial score (nSPS) is 14.0. The number of amides is 1. The van der Waals surface area contributed by atoms with Crippen LogP contribution < -0.4 is 10.2 Å². The van der Waals surface area contributed by atoms with Gasteiger partial charge in [-0.1, -0.05) is 12.1 Å². The van der Waals surface area contributed by atoms with Gasteiger partial charge >= 0.3 is 0 Å². The Hall–Kier alpha value is -3.55. The maximum atomic E-state index is 12.8. The van der Waals surface area contributed by atoms with Gasteiger partial charge in [-0.05, 0) is 49.2 Å². The third-order valence-corrected chi connectivity index (χ3v) is 7.09. The number of fused-ring (bicyclic) bond motifs is 1. The fourth-order valence-electron chi connectivity index (χ4n) is 3.56. The first kappa shape index (κ1) is 21.7. The molecule has 1 aliphatic heterocycles. The number of hydrogen-bond acceptors (Lipinski definition) is 7. The molecule has 9 nitrogen and oxygen atoms in total. The molecular formula is C22H22N6O3S. The number of rotatable bonds is 6. The second-order valence-corrected chi connectivity index (χ2v) is 9.57. The van der Waals surface area contributed by atoms with Crippen LogP contribution >= 0.6 is 0 Å². The Morgan fingerprint density at radius 2 is 1.72 bits per heavy atom. The molecule has 1 fully saturated rings. The molecule has 4 rings (SSSR count). The van der Waals surface area contributed by atoms with Crippen molar-refractivity contribution in [3.8, 4) is 6.07 Å². The lowest BCUT2D eigenvalue weighted by Gasteiger charge is -2.21. The molecule has 0 saturated carbocycles. The monoisotopic (exact) mass is 450 g/mol. The van der Waals surface area contributed by atoms with E-state index in [-0.39, 0.29) is 4.90 Å². The molecule has 164 valence electrons. The zero-order chi connectivity index (χ0) is 22.7. The summed E-state index contributed by atoms with van der Waals surface area (Å²) in [4.78, 5) is 24.1. The summed E-state index contributed by atoms with van der Waals surface area (Å²) >= 11 is 0. The van der Waals surface area contributed by atoms with Crippen LogP contribution in [-0.2, 0) is 14.8 Å². The Labute approximate surface area is 186 Å². The lowest BCUT2D eigenvalue weighted by Crippen LogP contribution is -2.35. The molecule has 1 amide bonds. The van der Waals surface area contributed by atoms with Crippen LogP contribution in [0.4, 0.5) is 11.6 Å². The Kier molecular flexibility index (Phi) is 6.03. The molecule has 0 unspecified atom stereocenters. The summed E-state index contributed by atoms with van der Waals surface area (Å²) in [7, 11) is -2.56.